The van der Waals surface area contributed by atoms with Gasteiger partial charge in [0.1, 0.15) is 23.8 Å². The van der Waals surface area contributed by atoms with Crippen LogP contribution >= 0.6 is 0 Å². The Hall–Kier alpha value is -4.72. The molecular formula is C35H47N9O3Si. The van der Waals surface area contributed by atoms with Crippen LogP contribution in [0, 0.1) is 0 Å². The van der Waals surface area contributed by atoms with E-state index in [1.807, 2.05) is 80.2 Å². The Labute approximate surface area is 283 Å². The van der Waals surface area contributed by atoms with E-state index in [4.69, 9.17) is 24.4 Å². The molecule has 0 radical (unpaired) electrons. The number of hydrogen-bond donors (Lipinski definition) is 2. The molecule has 0 atom stereocenters. The Balaban J connectivity index is 1.58. The van der Waals surface area contributed by atoms with E-state index >= 15 is 0 Å². The minimum absolute atomic E-state index is 0.316. The summed E-state index contributed by atoms with van der Waals surface area (Å²) in [6.07, 6.45) is 7.08. The molecule has 1 amide bonds. The molecule has 48 heavy (non-hydrogen) atoms. The zero-order valence-electron chi connectivity index (χ0n) is 29.3. The van der Waals surface area contributed by atoms with Gasteiger partial charge in [-0.05, 0) is 50.5 Å². The van der Waals surface area contributed by atoms with Gasteiger partial charge in [0.25, 0.3) is 0 Å². The number of pyridine rings is 1. The lowest BCUT2D eigenvalue weighted by molar-refractivity contribution is -0.111. The molecular weight excluding hydrogens is 623 g/mol. The quantitative estimate of drug-likeness (QED) is 0.0767. The highest BCUT2D eigenvalue weighted by molar-refractivity contribution is 6.76. The molecule has 5 rings (SSSR count). The van der Waals surface area contributed by atoms with Crippen molar-refractivity contribution in [3.8, 4) is 17.0 Å². The number of methoxy groups -OCH3 is 1. The van der Waals surface area contributed by atoms with Crippen LogP contribution in [0.15, 0.2) is 61.6 Å². The van der Waals surface area contributed by atoms with E-state index < -0.39 is 8.07 Å². The molecule has 0 saturated carbocycles. The lowest BCUT2D eigenvalue weighted by Gasteiger charge is -2.26. The lowest BCUT2D eigenvalue weighted by Crippen LogP contribution is -2.29. The summed E-state index contributed by atoms with van der Waals surface area (Å²) in [6.45, 7) is 13.3. The van der Waals surface area contributed by atoms with E-state index in [1.165, 1.54) is 6.08 Å². The molecule has 4 aromatic heterocycles. The molecule has 0 aliphatic carbocycles. The first-order chi connectivity index (χ1) is 22.9. The Morgan fingerprint density at radius 3 is 2.54 bits per heavy atom. The molecule has 0 fully saturated rings. The molecule has 2 N–H and O–H groups in total. The topological polar surface area (TPSA) is 115 Å². The minimum Gasteiger partial charge on any atom is -0.494 e. The van der Waals surface area contributed by atoms with Crippen LogP contribution in [0.4, 0.5) is 23.0 Å². The van der Waals surface area contributed by atoms with Gasteiger partial charge in [0.05, 0.1) is 29.9 Å². The van der Waals surface area contributed by atoms with Gasteiger partial charge >= 0.3 is 0 Å². The molecule has 0 aliphatic rings. The number of nitrogens with one attached hydrogen (secondary N) is 2. The Bertz CT molecular complexity index is 1930. The molecule has 13 heteroatoms. The Morgan fingerprint density at radius 1 is 1.04 bits per heavy atom. The highest BCUT2D eigenvalue weighted by Crippen LogP contribution is 2.39. The van der Waals surface area contributed by atoms with Gasteiger partial charge in [-0.2, -0.15) is 4.98 Å². The van der Waals surface area contributed by atoms with E-state index in [0.717, 1.165) is 58.1 Å². The summed E-state index contributed by atoms with van der Waals surface area (Å²) in [4.78, 5) is 31.4. The smallest absolute Gasteiger partial charge is 0.247 e. The van der Waals surface area contributed by atoms with Crippen molar-refractivity contribution in [1.82, 2.24) is 29.0 Å². The average molecular weight is 670 g/mol. The van der Waals surface area contributed by atoms with Crippen LogP contribution in [-0.2, 0) is 23.3 Å². The summed E-state index contributed by atoms with van der Waals surface area (Å²) in [6, 6.07) is 11.0. The molecule has 4 heterocycles. The van der Waals surface area contributed by atoms with Gasteiger partial charge in [0, 0.05) is 82.9 Å². The standard InChI is InChI=1S/C35H47N9O3Si/c1-10-31(45)37-27-20-28(30(46-6)21-29(27)42(4)16-15-41(2)3)38-35-39-32(25-19-24-11-13-43(5)33(24)36-22-25)26-12-14-44(34(26)40-35)23-47-17-18-48(7,8)9/h10-14,19-22H,1,15-18,23H2,2-9H3,(H,37,45)(H,38,39,40). The number of aromatic nitrogens is 5. The predicted octanol–water partition coefficient (Wildman–Crippen LogP) is 6.17. The number of carbonyl (C=O) groups excluding carboxylic acids is 1. The first kappa shape index (κ1) is 34.6. The molecule has 254 valence electrons. The third-order valence-corrected chi connectivity index (χ3v) is 9.83. The second-order valence-electron chi connectivity index (χ2n) is 13.4. The van der Waals surface area contributed by atoms with Gasteiger partial charge in [0.15, 0.2) is 0 Å². The van der Waals surface area contributed by atoms with Crippen LogP contribution in [0.25, 0.3) is 33.3 Å². The molecule has 0 spiro atoms. The van der Waals surface area contributed by atoms with Crippen molar-refractivity contribution >= 4 is 59.1 Å². The largest absolute Gasteiger partial charge is 0.494 e. The van der Waals surface area contributed by atoms with Crippen molar-refractivity contribution < 1.29 is 14.3 Å². The van der Waals surface area contributed by atoms with Crippen molar-refractivity contribution in [3.63, 3.8) is 0 Å². The number of aryl methyl sites for hydroxylation is 1. The highest BCUT2D eigenvalue weighted by Gasteiger charge is 2.20. The maximum atomic E-state index is 12.5. The summed E-state index contributed by atoms with van der Waals surface area (Å²) in [5, 5.41) is 8.26. The minimum atomic E-state index is -1.23. The molecule has 12 nitrogen and oxygen atoms in total. The number of likely N-dealkylation sites (N-methyl/N-ethyl adjacent to an activating group) is 2. The van der Waals surface area contributed by atoms with Gasteiger partial charge < -0.3 is 39.0 Å². The van der Waals surface area contributed by atoms with Crippen molar-refractivity contribution in [2.45, 2.75) is 32.4 Å². The van der Waals surface area contributed by atoms with E-state index in [0.29, 0.717) is 36.4 Å². The molecule has 1 aromatic carbocycles. The van der Waals surface area contributed by atoms with Crippen LogP contribution in [0.2, 0.25) is 25.7 Å². The molecule has 0 saturated heterocycles. The number of carbonyl (C=O) groups is 1. The summed E-state index contributed by atoms with van der Waals surface area (Å²) in [7, 11) is 8.39. The van der Waals surface area contributed by atoms with Gasteiger partial charge in [-0.25, -0.2) is 9.97 Å². The van der Waals surface area contributed by atoms with Gasteiger partial charge in [-0.1, -0.05) is 26.2 Å². The fourth-order valence-corrected chi connectivity index (χ4v) is 6.05. The van der Waals surface area contributed by atoms with Crippen LogP contribution in [0.3, 0.4) is 0 Å². The Morgan fingerprint density at radius 2 is 1.83 bits per heavy atom. The number of ether oxygens (including phenoxy) is 2. The predicted molar refractivity (Wildman–Crippen MR) is 198 cm³/mol. The zero-order chi connectivity index (χ0) is 34.6. The number of hydrogen-bond acceptors (Lipinski definition) is 9. The lowest BCUT2D eigenvalue weighted by atomic mass is 10.1. The second-order valence-corrected chi connectivity index (χ2v) is 19.1. The van der Waals surface area contributed by atoms with Crippen LogP contribution < -0.4 is 20.3 Å². The number of amides is 1. The number of rotatable bonds is 15. The van der Waals surface area contributed by atoms with Crippen molar-refractivity contribution in [3.05, 3.63) is 61.6 Å². The van der Waals surface area contributed by atoms with E-state index in [9.17, 15) is 4.79 Å². The molecule has 0 aliphatic heterocycles. The molecule has 5 aromatic rings. The monoisotopic (exact) mass is 669 g/mol. The van der Waals surface area contributed by atoms with Crippen LogP contribution in [0.5, 0.6) is 5.75 Å². The van der Waals surface area contributed by atoms with E-state index in [2.05, 4.69) is 52.7 Å². The fourth-order valence-electron chi connectivity index (χ4n) is 5.30. The van der Waals surface area contributed by atoms with Crippen molar-refractivity contribution in [2.24, 2.45) is 7.05 Å². The molecule has 0 unspecified atom stereocenters. The normalized spacial score (nSPS) is 11.8. The Kier molecular flexibility index (Phi) is 10.5. The zero-order valence-corrected chi connectivity index (χ0v) is 30.3. The second kappa shape index (κ2) is 14.6. The number of benzene rings is 1. The first-order valence-corrected chi connectivity index (χ1v) is 19.7. The van der Waals surface area contributed by atoms with Crippen molar-refractivity contribution in [1.29, 1.82) is 0 Å². The average Bonchev–Trinajstić information content (AvgIpc) is 3.63. The van der Waals surface area contributed by atoms with Crippen LogP contribution in [-0.4, -0.2) is 90.9 Å². The number of anilines is 4. The van der Waals surface area contributed by atoms with Gasteiger partial charge in [0.2, 0.25) is 11.9 Å². The number of fused-ring (bicyclic) bond motifs is 2. The number of nitrogens with zero attached hydrogens (tertiary/aromatic N) is 7. The summed E-state index contributed by atoms with van der Waals surface area (Å²) in [5.41, 5.74) is 5.22. The summed E-state index contributed by atoms with van der Waals surface area (Å²) >= 11 is 0. The van der Waals surface area contributed by atoms with E-state index in [1.54, 1.807) is 7.11 Å². The van der Waals surface area contributed by atoms with E-state index in [-0.39, 0.29) is 5.91 Å². The maximum Gasteiger partial charge on any atom is 0.247 e. The summed E-state index contributed by atoms with van der Waals surface area (Å²) < 4.78 is 16.0. The summed E-state index contributed by atoms with van der Waals surface area (Å²) in [5.74, 6) is 0.616. The fraction of sp³-hybridized carbons (Fsp3) is 0.371. The van der Waals surface area contributed by atoms with Gasteiger partial charge in [-0.3, -0.25) is 4.79 Å². The third kappa shape index (κ3) is 8.04. The van der Waals surface area contributed by atoms with Crippen LogP contribution in [0.1, 0.15) is 0 Å². The molecule has 0 bridgehead atoms. The highest BCUT2D eigenvalue weighted by atomic mass is 28.3. The van der Waals surface area contributed by atoms with Gasteiger partial charge in [-0.15, -0.1) is 0 Å². The third-order valence-electron chi connectivity index (χ3n) is 8.13. The SMILES string of the molecule is C=CC(=O)Nc1cc(Nc2nc(-c3cnc4c(ccn4C)c3)c3ccn(COCC[Si](C)(C)C)c3n2)c(OC)cc1N(C)CCN(C)C. The maximum absolute atomic E-state index is 12.5. The van der Waals surface area contributed by atoms with Crippen molar-refractivity contribution in [2.75, 3.05) is 63.5 Å². The first-order valence-electron chi connectivity index (χ1n) is 16.0.